The molecule has 0 atom stereocenters. The van der Waals surface area contributed by atoms with Gasteiger partial charge in [-0.15, -0.1) is 0 Å². The smallest absolute Gasteiger partial charge is 0.311 e. The Bertz CT molecular complexity index is 457. The molecule has 6 nitrogen and oxygen atoms in total. The summed E-state index contributed by atoms with van der Waals surface area (Å²) in [4.78, 5) is 14.9. The Labute approximate surface area is 106 Å². The van der Waals surface area contributed by atoms with Gasteiger partial charge in [0.2, 0.25) is 5.82 Å². The molecule has 0 radical (unpaired) electrons. The lowest BCUT2D eigenvalue weighted by Gasteiger charge is -2.13. The quantitative estimate of drug-likeness (QED) is 0.599. The van der Waals surface area contributed by atoms with Gasteiger partial charge in [0.05, 0.1) is 4.92 Å². The molecule has 0 saturated heterocycles. The third kappa shape index (κ3) is 2.88. The van der Waals surface area contributed by atoms with E-state index in [-0.39, 0.29) is 11.2 Å². The summed E-state index contributed by atoms with van der Waals surface area (Å²) in [6, 6.07) is 3.15. The highest BCUT2D eigenvalue weighted by Crippen LogP contribution is 2.39. The summed E-state index contributed by atoms with van der Waals surface area (Å²) in [5, 5.41) is 17.3. The minimum atomic E-state index is -0.398. The second-order valence-electron chi connectivity index (χ2n) is 4.93. The highest BCUT2D eigenvalue weighted by molar-refractivity contribution is 5.61. The van der Waals surface area contributed by atoms with Crippen molar-refractivity contribution in [2.75, 3.05) is 17.2 Å². The van der Waals surface area contributed by atoms with Crippen molar-refractivity contribution in [2.45, 2.75) is 38.6 Å². The Morgan fingerprint density at radius 1 is 1.50 bits per heavy atom. The van der Waals surface area contributed by atoms with Gasteiger partial charge < -0.3 is 10.6 Å². The van der Waals surface area contributed by atoms with E-state index in [0.29, 0.717) is 11.6 Å². The van der Waals surface area contributed by atoms with Crippen molar-refractivity contribution >= 4 is 17.3 Å². The molecule has 6 heteroatoms. The molecular formula is C12H18N4O2. The molecule has 2 rings (SSSR count). The molecule has 1 fully saturated rings. The maximum Gasteiger partial charge on any atom is 0.311 e. The van der Waals surface area contributed by atoms with Crippen molar-refractivity contribution in [3.05, 3.63) is 22.2 Å². The van der Waals surface area contributed by atoms with Gasteiger partial charge in [0.1, 0.15) is 5.82 Å². The number of hydrogen-bond donors (Lipinski definition) is 2. The number of nitrogens with zero attached hydrogens (tertiary/aromatic N) is 2. The second kappa shape index (κ2) is 4.80. The normalized spacial score (nSPS) is 16.1. The predicted molar refractivity (Wildman–Crippen MR) is 70.9 cm³/mol. The highest BCUT2D eigenvalue weighted by atomic mass is 16.6. The van der Waals surface area contributed by atoms with E-state index in [0.717, 1.165) is 25.8 Å². The SMILES string of the molecule is CCCNc1ccc([N+](=O)[O-])c(NC2(C)CC2)n1. The van der Waals surface area contributed by atoms with Crippen LogP contribution in [-0.2, 0) is 0 Å². The maximum atomic E-state index is 11.0. The number of pyridine rings is 1. The summed E-state index contributed by atoms with van der Waals surface area (Å²) < 4.78 is 0. The molecule has 98 valence electrons. The lowest BCUT2D eigenvalue weighted by atomic mass is 10.3. The van der Waals surface area contributed by atoms with Crippen LogP contribution in [0.5, 0.6) is 0 Å². The molecule has 0 amide bonds. The lowest BCUT2D eigenvalue weighted by Crippen LogP contribution is -2.18. The number of rotatable bonds is 6. The van der Waals surface area contributed by atoms with E-state index < -0.39 is 4.92 Å². The average Bonchev–Trinajstić information content (AvgIpc) is 3.04. The minimum absolute atomic E-state index is 0.0266. The van der Waals surface area contributed by atoms with Gasteiger partial charge in [0, 0.05) is 18.2 Å². The van der Waals surface area contributed by atoms with E-state index in [1.807, 2.05) is 6.92 Å². The van der Waals surface area contributed by atoms with Gasteiger partial charge >= 0.3 is 5.69 Å². The Morgan fingerprint density at radius 3 is 2.78 bits per heavy atom. The van der Waals surface area contributed by atoms with Crippen LogP contribution >= 0.6 is 0 Å². The molecule has 0 aliphatic heterocycles. The molecule has 18 heavy (non-hydrogen) atoms. The fourth-order valence-electron chi connectivity index (χ4n) is 1.64. The zero-order chi connectivity index (χ0) is 13.2. The van der Waals surface area contributed by atoms with E-state index in [2.05, 4.69) is 22.5 Å². The first-order valence-corrected chi connectivity index (χ1v) is 6.21. The van der Waals surface area contributed by atoms with Crippen molar-refractivity contribution in [1.82, 2.24) is 4.98 Å². The first-order chi connectivity index (χ1) is 8.54. The number of nitrogens with one attached hydrogen (secondary N) is 2. The molecule has 1 saturated carbocycles. The van der Waals surface area contributed by atoms with Crippen molar-refractivity contribution in [2.24, 2.45) is 0 Å². The van der Waals surface area contributed by atoms with Crippen LogP contribution in [0.25, 0.3) is 0 Å². The van der Waals surface area contributed by atoms with Gasteiger partial charge in [-0.3, -0.25) is 10.1 Å². The van der Waals surface area contributed by atoms with Crippen LogP contribution in [-0.4, -0.2) is 22.0 Å². The standard InChI is InChI=1S/C12H18N4O2/c1-3-8-13-10-5-4-9(16(17)18)11(14-10)15-12(2)6-7-12/h4-5H,3,6-8H2,1-2H3,(H2,13,14,15). The summed E-state index contributed by atoms with van der Waals surface area (Å²) >= 11 is 0. The number of aromatic nitrogens is 1. The first-order valence-electron chi connectivity index (χ1n) is 6.21. The van der Waals surface area contributed by atoms with Gasteiger partial charge in [-0.25, -0.2) is 4.98 Å². The van der Waals surface area contributed by atoms with Gasteiger partial charge in [-0.1, -0.05) is 6.92 Å². The van der Waals surface area contributed by atoms with E-state index in [1.54, 1.807) is 6.07 Å². The van der Waals surface area contributed by atoms with Crippen LogP contribution in [0.3, 0.4) is 0 Å². The van der Waals surface area contributed by atoms with E-state index in [9.17, 15) is 10.1 Å². The molecule has 2 N–H and O–H groups in total. The molecular weight excluding hydrogens is 232 g/mol. The number of nitro groups is 1. The summed E-state index contributed by atoms with van der Waals surface area (Å²) in [5.74, 6) is 1.04. The Balaban J connectivity index is 2.22. The first kappa shape index (κ1) is 12.6. The summed E-state index contributed by atoms with van der Waals surface area (Å²) in [5.41, 5.74) is 0.00592. The van der Waals surface area contributed by atoms with Crippen molar-refractivity contribution in [3.63, 3.8) is 0 Å². The van der Waals surface area contributed by atoms with Crippen molar-refractivity contribution < 1.29 is 4.92 Å². The monoisotopic (exact) mass is 250 g/mol. The van der Waals surface area contributed by atoms with Crippen molar-refractivity contribution in [1.29, 1.82) is 0 Å². The molecule has 1 heterocycles. The van der Waals surface area contributed by atoms with E-state index in [1.165, 1.54) is 6.07 Å². The zero-order valence-electron chi connectivity index (χ0n) is 10.7. The van der Waals surface area contributed by atoms with Gasteiger partial charge in [-0.2, -0.15) is 0 Å². The van der Waals surface area contributed by atoms with Crippen LogP contribution in [0.4, 0.5) is 17.3 Å². The number of anilines is 2. The fourth-order valence-corrected chi connectivity index (χ4v) is 1.64. The second-order valence-corrected chi connectivity index (χ2v) is 4.93. The van der Waals surface area contributed by atoms with E-state index in [4.69, 9.17) is 0 Å². The highest BCUT2D eigenvalue weighted by Gasteiger charge is 2.39. The molecule has 1 aromatic heterocycles. The Morgan fingerprint density at radius 2 is 2.22 bits per heavy atom. The van der Waals surface area contributed by atoms with E-state index >= 15 is 0 Å². The Hall–Kier alpha value is -1.85. The van der Waals surface area contributed by atoms with Crippen LogP contribution < -0.4 is 10.6 Å². The third-order valence-corrected chi connectivity index (χ3v) is 3.05. The average molecular weight is 250 g/mol. The van der Waals surface area contributed by atoms with Crippen LogP contribution in [0.2, 0.25) is 0 Å². The van der Waals surface area contributed by atoms with Gasteiger partial charge in [0.15, 0.2) is 0 Å². The summed E-state index contributed by atoms with van der Waals surface area (Å²) in [7, 11) is 0. The van der Waals surface area contributed by atoms with Crippen LogP contribution in [0.15, 0.2) is 12.1 Å². The van der Waals surface area contributed by atoms with Crippen molar-refractivity contribution in [3.8, 4) is 0 Å². The van der Waals surface area contributed by atoms with Gasteiger partial charge in [0.25, 0.3) is 0 Å². The topological polar surface area (TPSA) is 80.1 Å². The maximum absolute atomic E-state index is 11.0. The third-order valence-electron chi connectivity index (χ3n) is 3.05. The molecule has 0 spiro atoms. The molecule has 1 aromatic rings. The number of hydrogen-bond acceptors (Lipinski definition) is 5. The largest absolute Gasteiger partial charge is 0.370 e. The molecule has 1 aliphatic rings. The zero-order valence-corrected chi connectivity index (χ0v) is 10.7. The molecule has 0 aromatic carbocycles. The summed E-state index contributed by atoms with van der Waals surface area (Å²) in [6.45, 7) is 4.91. The Kier molecular flexibility index (Phi) is 3.36. The fraction of sp³-hybridized carbons (Fsp3) is 0.583. The molecule has 0 bridgehead atoms. The molecule has 1 aliphatic carbocycles. The van der Waals surface area contributed by atoms with Gasteiger partial charge in [-0.05, 0) is 32.3 Å². The molecule has 0 unspecified atom stereocenters. The minimum Gasteiger partial charge on any atom is -0.370 e. The lowest BCUT2D eigenvalue weighted by molar-refractivity contribution is -0.384. The van der Waals surface area contributed by atoms with Crippen LogP contribution in [0.1, 0.15) is 33.1 Å². The summed E-state index contributed by atoms with van der Waals surface area (Å²) in [6.07, 6.45) is 3.04. The van der Waals surface area contributed by atoms with Crippen LogP contribution in [0, 0.1) is 10.1 Å². The predicted octanol–water partition coefficient (Wildman–Crippen LogP) is 2.78.